The van der Waals surface area contributed by atoms with Crippen molar-refractivity contribution in [3.63, 3.8) is 0 Å². The maximum Gasteiger partial charge on any atom is 0.262 e. The van der Waals surface area contributed by atoms with Crippen LogP contribution in [0.25, 0.3) is 16.7 Å². The summed E-state index contributed by atoms with van der Waals surface area (Å²) >= 11 is 11.9. The molecule has 0 bridgehead atoms. The normalized spacial score (nSPS) is 15.2. The molecule has 4 aromatic rings. The van der Waals surface area contributed by atoms with Gasteiger partial charge in [-0.1, -0.05) is 35.9 Å². The molecule has 0 aliphatic carbocycles. The van der Waals surface area contributed by atoms with Crippen molar-refractivity contribution in [2.24, 2.45) is 7.05 Å². The summed E-state index contributed by atoms with van der Waals surface area (Å²) in [7, 11) is 1.71. The molecule has 0 saturated carbocycles. The molecule has 1 aliphatic heterocycles. The van der Waals surface area contributed by atoms with Gasteiger partial charge in [0.25, 0.3) is 5.56 Å². The van der Waals surface area contributed by atoms with Crippen LogP contribution in [0, 0.1) is 4.77 Å². The fourth-order valence-electron chi connectivity index (χ4n) is 4.27. The van der Waals surface area contributed by atoms with E-state index in [4.69, 9.17) is 23.8 Å². The van der Waals surface area contributed by atoms with Crippen molar-refractivity contribution >= 4 is 52.1 Å². The first-order valence-electron chi connectivity index (χ1n) is 11.0. The SMILES string of the molecule is Cn1c(=O)c2ccccc2n2c(=S)n(CN3CCN(CC(=O)Nc4ccccc4Cl)CC3)nc12. The number of fused-ring (bicyclic) bond motifs is 3. The molecule has 9 nitrogen and oxygen atoms in total. The van der Waals surface area contributed by atoms with E-state index in [1.165, 1.54) is 4.57 Å². The number of rotatable bonds is 5. The zero-order chi connectivity index (χ0) is 23.8. The molecular formula is C23H24ClN7O2S. The monoisotopic (exact) mass is 497 g/mol. The first-order valence-corrected chi connectivity index (χ1v) is 11.8. The van der Waals surface area contributed by atoms with E-state index in [2.05, 4.69) is 20.2 Å². The molecule has 3 heterocycles. The average Bonchev–Trinajstić information content (AvgIpc) is 3.16. The molecule has 5 rings (SSSR count). The van der Waals surface area contributed by atoms with Gasteiger partial charge in [0, 0.05) is 33.2 Å². The number of hydrogen-bond donors (Lipinski definition) is 1. The Morgan fingerprint density at radius 2 is 1.74 bits per heavy atom. The Morgan fingerprint density at radius 3 is 2.50 bits per heavy atom. The van der Waals surface area contributed by atoms with Crippen molar-refractivity contribution in [3.05, 3.63) is 68.7 Å². The number of aryl methyl sites for hydroxylation is 1. The third-order valence-corrected chi connectivity index (χ3v) is 6.84. The molecule has 1 N–H and O–H groups in total. The second-order valence-electron chi connectivity index (χ2n) is 8.36. The number of halogens is 1. The molecule has 2 aromatic carbocycles. The van der Waals surface area contributed by atoms with Crippen LogP contribution in [0.15, 0.2) is 53.3 Å². The number of aromatic nitrogens is 4. The first-order chi connectivity index (χ1) is 16.4. The first kappa shape index (κ1) is 22.7. The van der Waals surface area contributed by atoms with Crippen LogP contribution < -0.4 is 10.9 Å². The Morgan fingerprint density at radius 1 is 1.06 bits per heavy atom. The number of nitrogens with one attached hydrogen (secondary N) is 1. The van der Waals surface area contributed by atoms with Gasteiger partial charge in [-0.2, -0.15) is 0 Å². The lowest BCUT2D eigenvalue weighted by Gasteiger charge is -2.33. The van der Waals surface area contributed by atoms with Crippen LogP contribution in [-0.2, 0) is 18.5 Å². The summed E-state index contributed by atoms with van der Waals surface area (Å²) in [6.07, 6.45) is 0. The number of hydrogen-bond acceptors (Lipinski definition) is 6. The van der Waals surface area contributed by atoms with Crippen molar-refractivity contribution in [2.75, 3.05) is 38.0 Å². The van der Waals surface area contributed by atoms with Crippen LogP contribution in [0.4, 0.5) is 5.69 Å². The number of para-hydroxylation sites is 2. The van der Waals surface area contributed by atoms with E-state index in [0.717, 1.165) is 31.7 Å². The minimum absolute atomic E-state index is 0.0862. The quantitative estimate of drug-likeness (QED) is 0.427. The van der Waals surface area contributed by atoms with Gasteiger partial charge in [-0.05, 0) is 36.5 Å². The van der Waals surface area contributed by atoms with Gasteiger partial charge in [0.05, 0.1) is 34.8 Å². The standard InChI is InChI=1S/C23H24ClN7O2S/c1-27-21(33)16-6-2-5-9-19(16)31-22(27)26-30(23(31)34)15-29-12-10-28(11-13-29)14-20(32)25-18-8-4-3-7-17(18)24/h2-9H,10-15H2,1H3,(H,25,32). The molecule has 2 aromatic heterocycles. The molecule has 0 unspecified atom stereocenters. The Hall–Kier alpha value is -3.05. The molecule has 1 amide bonds. The van der Waals surface area contributed by atoms with Crippen LogP contribution in [0.3, 0.4) is 0 Å². The van der Waals surface area contributed by atoms with Crippen LogP contribution in [-0.4, -0.2) is 67.2 Å². The van der Waals surface area contributed by atoms with Gasteiger partial charge >= 0.3 is 0 Å². The van der Waals surface area contributed by atoms with Gasteiger partial charge < -0.3 is 5.32 Å². The summed E-state index contributed by atoms with van der Waals surface area (Å²) in [5, 5.41) is 8.65. The van der Waals surface area contributed by atoms with Gasteiger partial charge in [-0.15, -0.1) is 5.10 Å². The molecule has 34 heavy (non-hydrogen) atoms. The number of nitrogens with zero attached hydrogens (tertiary/aromatic N) is 6. The van der Waals surface area contributed by atoms with Gasteiger partial charge in [-0.3, -0.25) is 28.4 Å². The fourth-order valence-corrected chi connectivity index (χ4v) is 4.73. The second kappa shape index (κ2) is 9.30. The Labute approximate surface area is 205 Å². The highest BCUT2D eigenvalue weighted by molar-refractivity contribution is 7.71. The molecule has 0 radical (unpaired) electrons. The minimum atomic E-state index is -0.0982. The van der Waals surface area contributed by atoms with E-state index in [-0.39, 0.29) is 11.5 Å². The van der Waals surface area contributed by atoms with Crippen LogP contribution >= 0.6 is 23.8 Å². The summed E-state index contributed by atoms with van der Waals surface area (Å²) < 4.78 is 5.69. The van der Waals surface area contributed by atoms with Crippen molar-refractivity contribution in [1.29, 1.82) is 0 Å². The number of piperazine rings is 1. The smallest absolute Gasteiger partial charge is 0.262 e. The maximum absolute atomic E-state index is 12.7. The number of anilines is 1. The largest absolute Gasteiger partial charge is 0.324 e. The summed E-state index contributed by atoms with van der Waals surface area (Å²) in [6.45, 7) is 3.86. The third kappa shape index (κ3) is 4.25. The van der Waals surface area contributed by atoms with Crippen LogP contribution in [0.2, 0.25) is 5.02 Å². The predicted octanol–water partition coefficient (Wildman–Crippen LogP) is 2.58. The van der Waals surface area contributed by atoms with E-state index >= 15 is 0 Å². The van der Waals surface area contributed by atoms with E-state index in [0.29, 0.717) is 39.9 Å². The topological polar surface area (TPSA) is 79.8 Å². The van der Waals surface area contributed by atoms with Gasteiger partial charge in [-0.25, -0.2) is 4.68 Å². The summed E-state index contributed by atoms with van der Waals surface area (Å²) in [5.74, 6) is 0.431. The third-order valence-electron chi connectivity index (χ3n) is 6.12. The molecule has 1 aliphatic rings. The fraction of sp³-hybridized carbons (Fsp3) is 0.304. The average molecular weight is 498 g/mol. The summed E-state index contributed by atoms with van der Waals surface area (Å²) in [4.78, 5) is 29.5. The summed E-state index contributed by atoms with van der Waals surface area (Å²) in [5.41, 5.74) is 1.28. The lowest BCUT2D eigenvalue weighted by atomic mass is 10.2. The van der Waals surface area contributed by atoms with Gasteiger partial charge in [0.15, 0.2) is 0 Å². The predicted molar refractivity (Wildman–Crippen MR) is 135 cm³/mol. The van der Waals surface area contributed by atoms with Crippen LogP contribution in [0.5, 0.6) is 0 Å². The van der Waals surface area contributed by atoms with Crippen molar-refractivity contribution in [1.82, 2.24) is 28.5 Å². The van der Waals surface area contributed by atoms with E-state index in [1.54, 1.807) is 29.9 Å². The maximum atomic E-state index is 12.7. The lowest BCUT2D eigenvalue weighted by molar-refractivity contribution is -0.117. The van der Waals surface area contributed by atoms with E-state index in [1.807, 2.05) is 34.7 Å². The second-order valence-corrected chi connectivity index (χ2v) is 9.13. The zero-order valence-electron chi connectivity index (χ0n) is 18.6. The Kier molecular flexibility index (Phi) is 6.22. The van der Waals surface area contributed by atoms with Crippen LogP contribution in [0.1, 0.15) is 0 Å². The number of amides is 1. The number of carbonyl (C=O) groups excluding carboxylic acids is 1. The van der Waals surface area contributed by atoms with E-state index < -0.39 is 0 Å². The molecular weight excluding hydrogens is 474 g/mol. The molecule has 1 saturated heterocycles. The molecule has 176 valence electrons. The zero-order valence-corrected chi connectivity index (χ0v) is 20.2. The van der Waals surface area contributed by atoms with Gasteiger partial charge in [0.2, 0.25) is 16.5 Å². The van der Waals surface area contributed by atoms with Crippen molar-refractivity contribution in [3.8, 4) is 0 Å². The molecule has 11 heteroatoms. The lowest BCUT2D eigenvalue weighted by Crippen LogP contribution is -2.49. The Bertz CT molecular complexity index is 1500. The highest BCUT2D eigenvalue weighted by Crippen LogP contribution is 2.20. The van der Waals surface area contributed by atoms with E-state index in [9.17, 15) is 9.59 Å². The number of carbonyl (C=O) groups is 1. The van der Waals surface area contributed by atoms with Crippen molar-refractivity contribution in [2.45, 2.75) is 6.67 Å². The highest BCUT2D eigenvalue weighted by Gasteiger charge is 2.21. The van der Waals surface area contributed by atoms with Crippen molar-refractivity contribution < 1.29 is 4.79 Å². The summed E-state index contributed by atoms with van der Waals surface area (Å²) in [6, 6.07) is 14.6. The van der Waals surface area contributed by atoms with Gasteiger partial charge in [0.1, 0.15) is 0 Å². The molecule has 1 fully saturated rings. The molecule has 0 spiro atoms. The Balaban J connectivity index is 1.26. The minimum Gasteiger partial charge on any atom is -0.324 e. The number of benzene rings is 2. The molecule has 0 atom stereocenters. The highest BCUT2D eigenvalue weighted by atomic mass is 35.5.